The summed E-state index contributed by atoms with van der Waals surface area (Å²) in [6.07, 6.45) is 1.38. The minimum Gasteiger partial charge on any atom is -0.118 e. The summed E-state index contributed by atoms with van der Waals surface area (Å²) in [6, 6.07) is 0. The third-order valence-corrected chi connectivity index (χ3v) is 11.6. The van der Waals surface area contributed by atoms with Crippen LogP contribution >= 0.6 is 50.2 Å². The zero-order chi connectivity index (χ0) is 12.3. The smallest absolute Gasteiger partial charge is 0.0114 e. The minimum atomic E-state index is 0. The highest BCUT2D eigenvalue weighted by Gasteiger charge is 1.94. The van der Waals surface area contributed by atoms with Crippen LogP contribution in [0.15, 0.2) is 0 Å². The molecule has 6 heteroatoms. The molecule has 0 spiro atoms. The molecule has 0 aliphatic heterocycles. The monoisotopic (exact) mass is 418 g/mol. The molecule has 0 saturated carbocycles. The highest BCUT2D eigenvalue weighted by atomic mass is 32.0. The van der Waals surface area contributed by atoms with E-state index in [1.165, 1.54) is 35.1 Å². The van der Waals surface area contributed by atoms with Crippen molar-refractivity contribution in [3.05, 3.63) is 0 Å². The minimum absolute atomic E-state index is 0. The van der Waals surface area contributed by atoms with E-state index in [1.54, 1.807) is 0 Å². The van der Waals surface area contributed by atoms with Gasteiger partial charge in [0.15, 0.2) is 0 Å². The topological polar surface area (TPSA) is 0 Å². The first-order chi connectivity index (χ1) is 6.90. The van der Waals surface area contributed by atoms with Gasteiger partial charge in [-0.05, 0) is 37.0 Å². The fraction of sp³-hybridized carbons (Fsp3) is 1.00. The highest BCUT2D eigenvalue weighted by molar-refractivity contribution is 8.15. The summed E-state index contributed by atoms with van der Waals surface area (Å²) in [7, 11) is 8.77. The van der Waals surface area contributed by atoms with Crippen LogP contribution in [0.4, 0.5) is 0 Å². The molecule has 0 fully saturated rings. The van der Waals surface area contributed by atoms with Gasteiger partial charge in [-0.3, -0.25) is 0 Å². The van der Waals surface area contributed by atoms with E-state index in [-0.39, 0.29) is 44.6 Å². The van der Waals surface area contributed by atoms with Gasteiger partial charge in [0.25, 0.3) is 0 Å². The Balaban J connectivity index is -0.0000000210. The molecule has 0 amide bonds. The first-order valence-corrected chi connectivity index (χ1v) is 15.1. The van der Waals surface area contributed by atoms with Crippen molar-refractivity contribution in [3.63, 3.8) is 0 Å². The first-order valence-electron chi connectivity index (χ1n) is 5.25. The van der Waals surface area contributed by atoms with Gasteiger partial charge in [0.2, 0.25) is 0 Å². The molecular formula is C15H52P6. The molecule has 0 radical (unpaired) electrons. The van der Waals surface area contributed by atoms with Gasteiger partial charge < -0.3 is 0 Å². The third kappa shape index (κ3) is 71.3. The zero-order valence-electron chi connectivity index (χ0n) is 10.7. The van der Waals surface area contributed by atoms with Gasteiger partial charge >= 0.3 is 0 Å². The maximum atomic E-state index is 2.90. The Bertz CT molecular complexity index is 111. The van der Waals surface area contributed by atoms with E-state index in [2.05, 4.69) is 52.0 Å². The lowest BCUT2D eigenvalue weighted by Crippen LogP contribution is -1.81. The average Bonchev–Trinajstić information content (AvgIpc) is 2.12. The molecule has 0 aromatic heterocycles. The molecule has 6 atom stereocenters. The number of rotatable bonds is 6. The van der Waals surface area contributed by atoms with Gasteiger partial charge in [0.05, 0.1) is 0 Å². The number of hydrogen-bond donors (Lipinski definition) is 0. The maximum Gasteiger partial charge on any atom is -0.0114 e. The van der Waals surface area contributed by atoms with Crippen molar-refractivity contribution in [2.24, 2.45) is 0 Å². The van der Waals surface area contributed by atoms with Gasteiger partial charge in [-0.15, -0.1) is 35.0 Å². The summed E-state index contributed by atoms with van der Waals surface area (Å²) in [6.45, 7) is 11.5. The summed E-state index contributed by atoms with van der Waals surface area (Å²) in [5.74, 6) is 2.90. The van der Waals surface area contributed by atoms with Crippen molar-refractivity contribution < 1.29 is 0 Å². The molecule has 0 heterocycles. The summed E-state index contributed by atoms with van der Waals surface area (Å²) in [5.41, 5.74) is 0.917. The third-order valence-electron chi connectivity index (χ3n) is 1.36. The van der Waals surface area contributed by atoms with Crippen LogP contribution in [-0.4, -0.2) is 37.0 Å². The van der Waals surface area contributed by atoms with Gasteiger partial charge in [0.1, 0.15) is 0 Å². The van der Waals surface area contributed by atoms with E-state index in [4.69, 9.17) is 0 Å². The highest BCUT2D eigenvalue weighted by Crippen LogP contribution is 2.46. The van der Waals surface area contributed by atoms with E-state index < -0.39 is 0 Å². The van der Waals surface area contributed by atoms with Crippen LogP contribution in [0.1, 0.15) is 65.3 Å². The lowest BCUT2D eigenvalue weighted by atomic mass is 10.6. The molecule has 142 valence electrons. The lowest BCUT2D eigenvalue weighted by molar-refractivity contribution is 1.11. The van der Waals surface area contributed by atoms with Crippen molar-refractivity contribution in [2.45, 2.75) is 71.0 Å². The Morgan fingerprint density at radius 2 is 1.14 bits per heavy atom. The normalized spacial score (nSPS) is 11.4. The van der Waals surface area contributed by atoms with E-state index in [0.717, 1.165) is 5.66 Å². The molecular weight excluding hydrogens is 366 g/mol. The molecule has 0 aromatic carbocycles. The van der Waals surface area contributed by atoms with E-state index in [1.807, 2.05) is 0 Å². The zero-order valence-corrected chi connectivity index (χ0v) is 16.8. The molecule has 0 aliphatic carbocycles. The molecule has 0 aliphatic rings. The van der Waals surface area contributed by atoms with Crippen LogP contribution in [-0.2, 0) is 0 Å². The van der Waals surface area contributed by atoms with Crippen LogP contribution in [0.25, 0.3) is 0 Å². The van der Waals surface area contributed by atoms with Crippen molar-refractivity contribution in [3.8, 4) is 0 Å². The molecule has 0 nitrogen and oxygen atoms in total. The SMILES string of the molecule is C.C.C.C.C.C.CC(C)PCP(C)P.CCPCP(C)P. The van der Waals surface area contributed by atoms with E-state index in [9.17, 15) is 0 Å². The second-order valence-corrected chi connectivity index (χ2v) is 17.4. The van der Waals surface area contributed by atoms with Crippen molar-refractivity contribution in [2.75, 3.05) is 31.3 Å². The van der Waals surface area contributed by atoms with Crippen LogP contribution in [0.2, 0.25) is 0 Å². The maximum absolute atomic E-state index is 2.90. The van der Waals surface area contributed by atoms with Crippen LogP contribution < -0.4 is 0 Å². The number of hydrogen-bond acceptors (Lipinski definition) is 0. The van der Waals surface area contributed by atoms with Crippen LogP contribution in [0.5, 0.6) is 0 Å². The largest absolute Gasteiger partial charge is 0.118 e. The van der Waals surface area contributed by atoms with E-state index >= 15 is 0 Å². The fourth-order valence-electron chi connectivity index (χ4n) is 0.615. The molecule has 0 bridgehead atoms. The average molecular weight is 418 g/mol. The van der Waals surface area contributed by atoms with Crippen LogP contribution in [0, 0.1) is 0 Å². The van der Waals surface area contributed by atoms with Crippen molar-refractivity contribution >= 4 is 50.2 Å². The standard InChI is InChI=1S/C5H15P3.C4H13P3.6CH4/c1-5(2)7-4-8(3)6;1-3-6-4-7(2)5;;;;;;/h5,7H,4,6H2,1-3H3;6H,3-5H2,1-2H3;6*1H4. The molecule has 0 rings (SSSR count). The second-order valence-electron chi connectivity index (χ2n) is 3.79. The predicted molar refractivity (Wildman–Crippen MR) is 138 cm³/mol. The summed E-state index contributed by atoms with van der Waals surface area (Å²) in [4.78, 5) is 0. The quantitative estimate of drug-likeness (QED) is 0.377. The van der Waals surface area contributed by atoms with Crippen molar-refractivity contribution in [1.29, 1.82) is 0 Å². The predicted octanol–water partition coefficient (Wildman–Crippen LogP) is 9.29. The lowest BCUT2D eigenvalue weighted by Gasteiger charge is -2.06. The summed E-state index contributed by atoms with van der Waals surface area (Å²) in [5, 5.41) is 0. The Labute approximate surface area is 152 Å². The molecule has 6 unspecified atom stereocenters. The van der Waals surface area contributed by atoms with Gasteiger partial charge in [0, 0.05) is 0 Å². The molecule has 0 aromatic rings. The Morgan fingerprint density at radius 3 is 1.24 bits per heavy atom. The van der Waals surface area contributed by atoms with Crippen molar-refractivity contribution in [1.82, 2.24) is 0 Å². The first kappa shape index (κ1) is 49.5. The molecule has 0 saturated heterocycles. The van der Waals surface area contributed by atoms with Gasteiger partial charge in [-0.1, -0.05) is 80.6 Å². The fourth-order valence-corrected chi connectivity index (χ4v) is 7.64. The Hall–Kier alpha value is 2.58. The van der Waals surface area contributed by atoms with E-state index in [0.29, 0.717) is 15.2 Å². The summed E-state index contributed by atoms with van der Waals surface area (Å²) < 4.78 is 0. The Kier molecular flexibility index (Phi) is 90.2. The summed E-state index contributed by atoms with van der Waals surface area (Å²) >= 11 is 0. The molecule has 0 N–H and O–H groups in total. The second kappa shape index (κ2) is 38.3. The molecule has 21 heavy (non-hydrogen) atoms. The van der Waals surface area contributed by atoms with Gasteiger partial charge in [-0.25, -0.2) is 0 Å². The Morgan fingerprint density at radius 1 is 0.810 bits per heavy atom. The van der Waals surface area contributed by atoms with Gasteiger partial charge in [-0.2, -0.15) is 0 Å². The van der Waals surface area contributed by atoms with Crippen LogP contribution in [0.3, 0.4) is 0 Å².